The Kier molecular flexibility index (Phi) is 6.64. The summed E-state index contributed by atoms with van der Waals surface area (Å²) in [6.07, 6.45) is 0. The molecule has 0 unspecified atom stereocenters. The van der Waals surface area contributed by atoms with Crippen molar-refractivity contribution in [3.63, 3.8) is 0 Å². The number of benzene rings is 7. The first kappa shape index (κ1) is 29.1. The third-order valence-electron chi connectivity index (χ3n) is 9.67. The Balaban J connectivity index is 1.14. The van der Waals surface area contributed by atoms with E-state index in [2.05, 4.69) is 104 Å². The van der Waals surface area contributed by atoms with Crippen LogP contribution in [-0.4, -0.2) is 15.0 Å². The molecule has 5 heteroatoms. The number of fused-ring (bicyclic) bond motifs is 6. The van der Waals surface area contributed by atoms with E-state index in [0.29, 0.717) is 17.5 Å². The van der Waals surface area contributed by atoms with Gasteiger partial charge in [0.25, 0.3) is 0 Å². The monoisotopic (exact) mass is 655 g/mol. The van der Waals surface area contributed by atoms with Gasteiger partial charge >= 0.3 is 0 Å². The van der Waals surface area contributed by atoms with E-state index in [1.807, 2.05) is 60.7 Å². The summed E-state index contributed by atoms with van der Waals surface area (Å²) < 4.78 is 13.1. The van der Waals surface area contributed by atoms with Gasteiger partial charge in [-0.25, -0.2) is 15.0 Å². The van der Waals surface area contributed by atoms with E-state index in [9.17, 15) is 0 Å². The summed E-state index contributed by atoms with van der Waals surface area (Å²) >= 11 is 0. The Bertz CT molecular complexity index is 2920. The highest BCUT2D eigenvalue weighted by atomic mass is 16.3. The van der Waals surface area contributed by atoms with E-state index in [4.69, 9.17) is 23.8 Å². The van der Waals surface area contributed by atoms with E-state index < -0.39 is 0 Å². The summed E-state index contributed by atoms with van der Waals surface area (Å²) in [4.78, 5) is 15.1. The second-order valence-electron chi connectivity index (χ2n) is 12.8. The second-order valence-corrected chi connectivity index (χ2v) is 12.8. The molecule has 3 aromatic heterocycles. The highest BCUT2D eigenvalue weighted by molar-refractivity contribution is 6.13. The van der Waals surface area contributed by atoms with Crippen molar-refractivity contribution >= 4 is 43.9 Å². The molecule has 7 aromatic carbocycles. The zero-order valence-electron chi connectivity index (χ0n) is 27.7. The van der Waals surface area contributed by atoms with Crippen molar-refractivity contribution in [1.82, 2.24) is 15.0 Å². The molecule has 0 aliphatic heterocycles. The maximum atomic E-state index is 6.54. The molecule has 3 heterocycles. The first-order valence-electron chi connectivity index (χ1n) is 17.0. The highest BCUT2D eigenvalue weighted by Crippen LogP contribution is 2.40. The number of aromatic nitrogens is 3. The number of hydrogen-bond donors (Lipinski definition) is 0. The summed E-state index contributed by atoms with van der Waals surface area (Å²) in [7, 11) is 0. The van der Waals surface area contributed by atoms with Crippen LogP contribution >= 0.6 is 0 Å². The molecule has 51 heavy (non-hydrogen) atoms. The minimum atomic E-state index is 0.548. The van der Waals surface area contributed by atoms with Gasteiger partial charge in [-0.2, -0.15) is 0 Å². The molecule has 0 atom stereocenters. The summed E-state index contributed by atoms with van der Waals surface area (Å²) in [6.45, 7) is 2.07. The predicted molar refractivity (Wildman–Crippen MR) is 206 cm³/mol. The van der Waals surface area contributed by atoms with Gasteiger partial charge in [0.1, 0.15) is 22.3 Å². The molecule has 0 spiro atoms. The molecule has 0 saturated heterocycles. The summed E-state index contributed by atoms with van der Waals surface area (Å²) in [5.41, 5.74) is 11.5. The van der Waals surface area contributed by atoms with E-state index in [1.165, 1.54) is 11.1 Å². The lowest BCUT2D eigenvalue weighted by atomic mass is 9.96. The molecule has 0 aliphatic carbocycles. The zero-order chi connectivity index (χ0) is 33.9. The van der Waals surface area contributed by atoms with E-state index >= 15 is 0 Å². The average Bonchev–Trinajstić information content (AvgIpc) is 3.78. The number of rotatable bonds is 5. The molecule has 10 aromatic rings. The van der Waals surface area contributed by atoms with Crippen molar-refractivity contribution in [2.24, 2.45) is 0 Å². The Hall–Kier alpha value is -6.85. The number of aryl methyl sites for hydroxylation is 1. The Morgan fingerprint density at radius 1 is 0.373 bits per heavy atom. The largest absolute Gasteiger partial charge is 0.456 e. The third kappa shape index (κ3) is 4.90. The van der Waals surface area contributed by atoms with Crippen LogP contribution in [0.4, 0.5) is 0 Å². The van der Waals surface area contributed by atoms with Crippen LogP contribution in [0.15, 0.2) is 167 Å². The van der Waals surface area contributed by atoms with Crippen molar-refractivity contribution in [1.29, 1.82) is 0 Å². The average molecular weight is 656 g/mol. The lowest BCUT2D eigenvalue weighted by Gasteiger charge is -2.09. The molecule has 0 amide bonds. The molecular weight excluding hydrogens is 627 g/mol. The normalized spacial score (nSPS) is 11.6. The number of furan rings is 2. The van der Waals surface area contributed by atoms with Gasteiger partial charge in [-0.1, -0.05) is 127 Å². The van der Waals surface area contributed by atoms with Crippen LogP contribution in [0.2, 0.25) is 0 Å². The SMILES string of the molecule is Cc1cccc2c1oc1c(-c3nc(-c4ccccc4)nc(-c4ccc5c(c4)oc4cccc(-c6cccc(-c7ccccc7)c6)c45)n3)cccc12. The quantitative estimate of drug-likeness (QED) is 0.185. The fraction of sp³-hybridized carbons (Fsp3) is 0.0217. The van der Waals surface area contributed by atoms with E-state index in [-0.39, 0.29) is 0 Å². The Morgan fingerprint density at radius 2 is 1.00 bits per heavy atom. The topological polar surface area (TPSA) is 65.0 Å². The minimum absolute atomic E-state index is 0.548. The fourth-order valence-electron chi connectivity index (χ4n) is 7.18. The molecule has 0 fully saturated rings. The third-order valence-corrected chi connectivity index (χ3v) is 9.67. The lowest BCUT2D eigenvalue weighted by Crippen LogP contribution is -2.00. The first-order chi connectivity index (χ1) is 25.2. The number of hydrogen-bond acceptors (Lipinski definition) is 5. The van der Waals surface area contributed by atoms with Gasteiger partial charge in [-0.15, -0.1) is 0 Å². The molecule has 0 N–H and O–H groups in total. The molecule has 0 bridgehead atoms. The van der Waals surface area contributed by atoms with Crippen molar-refractivity contribution in [3.05, 3.63) is 163 Å². The molecule has 0 saturated carbocycles. The van der Waals surface area contributed by atoms with Crippen molar-refractivity contribution in [3.8, 4) is 56.4 Å². The Morgan fingerprint density at radius 3 is 1.82 bits per heavy atom. The summed E-state index contributed by atoms with van der Waals surface area (Å²) in [6, 6.07) is 54.0. The van der Waals surface area contributed by atoms with Crippen LogP contribution in [0.1, 0.15) is 5.56 Å². The van der Waals surface area contributed by atoms with Gasteiger partial charge in [0.05, 0.1) is 5.56 Å². The predicted octanol–water partition coefficient (Wildman–Crippen LogP) is 12.3. The van der Waals surface area contributed by atoms with Crippen LogP contribution < -0.4 is 0 Å². The molecule has 5 nitrogen and oxygen atoms in total. The van der Waals surface area contributed by atoms with E-state index in [1.54, 1.807) is 0 Å². The van der Waals surface area contributed by atoms with Crippen molar-refractivity contribution in [2.45, 2.75) is 6.92 Å². The number of para-hydroxylation sites is 2. The van der Waals surface area contributed by atoms with Crippen molar-refractivity contribution in [2.75, 3.05) is 0 Å². The summed E-state index contributed by atoms with van der Waals surface area (Å²) in [5, 5.41) is 4.22. The molecular formula is C46H29N3O2. The molecule has 0 radical (unpaired) electrons. The molecule has 10 rings (SSSR count). The van der Waals surface area contributed by atoms with Crippen LogP contribution in [-0.2, 0) is 0 Å². The number of nitrogens with zero attached hydrogens (tertiary/aromatic N) is 3. The van der Waals surface area contributed by atoms with Gasteiger partial charge < -0.3 is 8.83 Å². The van der Waals surface area contributed by atoms with Gasteiger partial charge in [-0.3, -0.25) is 0 Å². The maximum absolute atomic E-state index is 6.54. The Labute approximate surface area is 293 Å². The maximum Gasteiger partial charge on any atom is 0.167 e. The fourth-order valence-corrected chi connectivity index (χ4v) is 7.18. The smallest absolute Gasteiger partial charge is 0.167 e. The van der Waals surface area contributed by atoms with Gasteiger partial charge in [0, 0.05) is 32.7 Å². The van der Waals surface area contributed by atoms with Crippen molar-refractivity contribution < 1.29 is 8.83 Å². The highest BCUT2D eigenvalue weighted by Gasteiger charge is 2.20. The molecule has 0 aliphatic rings. The standard InChI is InChI=1S/C46H29N3O2/c1-28-12-8-20-35-36-21-10-22-38(43(36)51-42(28)35)46-48-44(30-15-6-3-7-16-30)47-45(49-46)33-24-25-37-40(27-33)50-39-23-11-19-34(41(37)39)32-18-9-17-31(26-32)29-13-4-2-5-14-29/h2-27H,1H3. The van der Waals surface area contributed by atoms with Gasteiger partial charge in [0.2, 0.25) is 0 Å². The van der Waals surface area contributed by atoms with Gasteiger partial charge in [0.15, 0.2) is 17.5 Å². The lowest BCUT2D eigenvalue weighted by molar-refractivity contribution is 0.666. The zero-order valence-corrected chi connectivity index (χ0v) is 27.7. The van der Waals surface area contributed by atoms with Crippen LogP contribution in [0.3, 0.4) is 0 Å². The first-order valence-corrected chi connectivity index (χ1v) is 17.0. The van der Waals surface area contributed by atoms with Gasteiger partial charge in [-0.05, 0) is 65.1 Å². The summed E-state index contributed by atoms with van der Waals surface area (Å²) in [5.74, 6) is 1.69. The minimum Gasteiger partial charge on any atom is -0.456 e. The van der Waals surface area contributed by atoms with Crippen LogP contribution in [0, 0.1) is 6.92 Å². The van der Waals surface area contributed by atoms with Crippen LogP contribution in [0.25, 0.3) is 100 Å². The molecule has 240 valence electrons. The van der Waals surface area contributed by atoms with Crippen LogP contribution in [0.5, 0.6) is 0 Å². The van der Waals surface area contributed by atoms with E-state index in [0.717, 1.165) is 77.3 Å². The second kappa shape index (κ2) is 11.6.